The minimum atomic E-state index is -0.848. The van der Waals surface area contributed by atoms with E-state index in [4.69, 9.17) is 9.47 Å². The van der Waals surface area contributed by atoms with Gasteiger partial charge in [-0.05, 0) is 49.2 Å². The van der Waals surface area contributed by atoms with E-state index in [-0.39, 0.29) is 18.4 Å². The highest BCUT2D eigenvalue weighted by Crippen LogP contribution is 2.36. The molecule has 3 amide bonds. The summed E-state index contributed by atoms with van der Waals surface area (Å²) in [6.07, 6.45) is -1.39. The number of carbonyl (C=O) groups is 3. The van der Waals surface area contributed by atoms with Crippen LogP contribution < -0.4 is 10.1 Å². The minimum absolute atomic E-state index is 0.214. The zero-order chi connectivity index (χ0) is 26.5. The molecule has 1 aliphatic rings. The fraction of sp³-hybridized carbons (Fsp3) is 0.276. The third-order valence-electron chi connectivity index (χ3n) is 6.49. The van der Waals surface area contributed by atoms with Gasteiger partial charge in [0.1, 0.15) is 5.75 Å². The molecule has 8 heteroatoms. The maximum atomic E-state index is 13.4. The van der Waals surface area contributed by atoms with Crippen LogP contribution in [0.5, 0.6) is 5.75 Å². The number of hydrogen-bond donors (Lipinski definition) is 1. The lowest BCUT2D eigenvalue weighted by Gasteiger charge is -2.28. The van der Waals surface area contributed by atoms with Gasteiger partial charge in [0.25, 0.3) is 5.91 Å². The predicted octanol–water partition coefficient (Wildman–Crippen LogP) is 4.80. The fourth-order valence-corrected chi connectivity index (χ4v) is 4.29. The summed E-state index contributed by atoms with van der Waals surface area (Å²) < 4.78 is 11.1. The molecule has 1 aliphatic heterocycles. The number of rotatable bonds is 8. The molecule has 3 aromatic rings. The van der Waals surface area contributed by atoms with E-state index in [1.807, 2.05) is 38.1 Å². The second kappa shape index (κ2) is 11.2. The maximum Gasteiger partial charge on any atom is 0.411 e. The molecule has 0 saturated carbocycles. The Morgan fingerprint density at radius 2 is 1.78 bits per heavy atom. The summed E-state index contributed by atoms with van der Waals surface area (Å²) in [5.74, 6) is -0.0906. The molecule has 0 aromatic heterocycles. The Kier molecular flexibility index (Phi) is 7.77. The van der Waals surface area contributed by atoms with Gasteiger partial charge in [-0.3, -0.25) is 14.5 Å². The second-order valence-electron chi connectivity index (χ2n) is 8.99. The molecule has 37 heavy (non-hydrogen) atoms. The van der Waals surface area contributed by atoms with Crippen LogP contribution in [0.1, 0.15) is 40.1 Å². The number of carbonyl (C=O) groups excluding carboxylic acids is 3. The van der Waals surface area contributed by atoms with Crippen molar-refractivity contribution in [1.82, 2.24) is 9.80 Å². The van der Waals surface area contributed by atoms with Gasteiger partial charge in [-0.2, -0.15) is 0 Å². The molecular formula is C29H31N3O5. The van der Waals surface area contributed by atoms with Gasteiger partial charge >= 0.3 is 6.09 Å². The number of nitrogens with zero attached hydrogens (tertiary/aromatic N) is 2. The van der Waals surface area contributed by atoms with Gasteiger partial charge in [-0.15, -0.1) is 0 Å². The van der Waals surface area contributed by atoms with Crippen molar-refractivity contribution in [3.05, 3.63) is 95.1 Å². The molecular weight excluding hydrogens is 470 g/mol. The van der Waals surface area contributed by atoms with Crippen molar-refractivity contribution in [2.45, 2.75) is 32.5 Å². The lowest BCUT2D eigenvalue weighted by molar-refractivity contribution is -0.135. The molecule has 0 spiro atoms. The monoisotopic (exact) mass is 501 g/mol. The van der Waals surface area contributed by atoms with Gasteiger partial charge in [-0.1, -0.05) is 54.1 Å². The lowest BCUT2D eigenvalue weighted by atomic mass is 9.99. The third kappa shape index (κ3) is 5.58. The van der Waals surface area contributed by atoms with Crippen molar-refractivity contribution in [2.24, 2.45) is 0 Å². The zero-order valence-electron chi connectivity index (χ0n) is 21.4. The quantitative estimate of drug-likeness (QED) is 0.479. The fourth-order valence-electron chi connectivity index (χ4n) is 4.29. The molecule has 4 rings (SSSR count). The molecule has 0 radical (unpaired) electrons. The standard InChI is InChI=1S/C29H31N3O5/c1-5-31(3)28(34)25-26(37-29(35)32(25)18-20-15-13-19(2)14-16-20)21-9-8-10-22(17-21)30-27(33)23-11-6-7-12-24(23)36-4/h6-17,25-26H,5,18H2,1-4H3,(H,30,33). The number of anilines is 1. The van der Waals surface area contributed by atoms with Crippen molar-refractivity contribution in [3.63, 3.8) is 0 Å². The Labute approximate surface area is 216 Å². The highest BCUT2D eigenvalue weighted by Gasteiger charge is 2.47. The van der Waals surface area contributed by atoms with Crippen molar-refractivity contribution < 1.29 is 23.9 Å². The summed E-state index contributed by atoms with van der Waals surface area (Å²) in [7, 11) is 3.21. The molecule has 0 aliphatic carbocycles. The van der Waals surface area contributed by atoms with Crippen LogP contribution in [0.2, 0.25) is 0 Å². The van der Waals surface area contributed by atoms with E-state index in [0.29, 0.717) is 29.1 Å². The first kappa shape index (κ1) is 25.8. The number of ether oxygens (including phenoxy) is 2. The molecule has 1 saturated heterocycles. The molecule has 1 N–H and O–H groups in total. The van der Waals surface area contributed by atoms with Gasteiger partial charge in [0.15, 0.2) is 12.1 Å². The van der Waals surface area contributed by atoms with Crippen LogP contribution in [0.15, 0.2) is 72.8 Å². The van der Waals surface area contributed by atoms with Gasteiger partial charge in [0.2, 0.25) is 5.91 Å². The molecule has 2 unspecified atom stereocenters. The van der Waals surface area contributed by atoms with E-state index in [0.717, 1.165) is 11.1 Å². The van der Waals surface area contributed by atoms with Gasteiger partial charge in [-0.25, -0.2) is 4.79 Å². The van der Waals surface area contributed by atoms with E-state index in [2.05, 4.69) is 5.32 Å². The first-order valence-electron chi connectivity index (χ1n) is 12.1. The number of aryl methyl sites for hydroxylation is 1. The molecule has 8 nitrogen and oxygen atoms in total. The summed E-state index contributed by atoms with van der Waals surface area (Å²) in [6, 6.07) is 20.9. The molecule has 2 atom stereocenters. The van der Waals surface area contributed by atoms with Crippen LogP contribution in [0.25, 0.3) is 0 Å². The maximum absolute atomic E-state index is 13.4. The first-order valence-corrected chi connectivity index (χ1v) is 12.1. The van der Waals surface area contributed by atoms with Crippen LogP contribution in [0, 0.1) is 6.92 Å². The van der Waals surface area contributed by atoms with E-state index >= 15 is 0 Å². The Morgan fingerprint density at radius 1 is 1.05 bits per heavy atom. The minimum Gasteiger partial charge on any atom is -0.496 e. The third-order valence-corrected chi connectivity index (χ3v) is 6.49. The smallest absolute Gasteiger partial charge is 0.411 e. The Balaban J connectivity index is 1.62. The highest BCUT2D eigenvalue weighted by molar-refractivity contribution is 6.06. The van der Waals surface area contributed by atoms with Crippen LogP contribution in [0.4, 0.5) is 10.5 Å². The van der Waals surface area contributed by atoms with Crippen LogP contribution in [0.3, 0.4) is 0 Å². The van der Waals surface area contributed by atoms with E-state index in [1.165, 1.54) is 12.0 Å². The normalized spacial score (nSPS) is 16.8. The van der Waals surface area contributed by atoms with E-state index < -0.39 is 18.2 Å². The van der Waals surface area contributed by atoms with E-state index in [9.17, 15) is 14.4 Å². The number of para-hydroxylation sites is 1. The van der Waals surface area contributed by atoms with Crippen molar-refractivity contribution in [2.75, 3.05) is 26.0 Å². The largest absolute Gasteiger partial charge is 0.496 e. The number of nitrogens with one attached hydrogen (secondary N) is 1. The molecule has 0 bridgehead atoms. The van der Waals surface area contributed by atoms with Crippen molar-refractivity contribution >= 4 is 23.6 Å². The number of amides is 3. The Bertz CT molecular complexity index is 1290. The van der Waals surface area contributed by atoms with Crippen molar-refractivity contribution in [1.29, 1.82) is 0 Å². The average molecular weight is 502 g/mol. The van der Waals surface area contributed by atoms with Crippen LogP contribution >= 0.6 is 0 Å². The Hall–Kier alpha value is -4.33. The number of methoxy groups -OCH3 is 1. The highest BCUT2D eigenvalue weighted by atomic mass is 16.6. The summed E-state index contributed by atoms with van der Waals surface area (Å²) in [5.41, 5.74) is 3.52. The van der Waals surface area contributed by atoms with Gasteiger partial charge in [0.05, 0.1) is 19.2 Å². The van der Waals surface area contributed by atoms with Crippen LogP contribution in [-0.4, -0.2) is 54.5 Å². The molecule has 1 heterocycles. The van der Waals surface area contributed by atoms with Crippen molar-refractivity contribution in [3.8, 4) is 5.75 Å². The summed E-state index contributed by atoms with van der Waals surface area (Å²) in [6.45, 7) is 4.60. The topological polar surface area (TPSA) is 88.2 Å². The average Bonchev–Trinajstić information content (AvgIpc) is 3.24. The molecule has 3 aromatic carbocycles. The van der Waals surface area contributed by atoms with Crippen LogP contribution in [-0.2, 0) is 16.1 Å². The lowest BCUT2D eigenvalue weighted by Crippen LogP contribution is -2.46. The zero-order valence-corrected chi connectivity index (χ0v) is 21.4. The number of hydrogen-bond acceptors (Lipinski definition) is 5. The van der Waals surface area contributed by atoms with E-state index in [1.54, 1.807) is 60.5 Å². The molecule has 192 valence electrons. The number of cyclic esters (lactones) is 1. The van der Waals surface area contributed by atoms with Gasteiger partial charge < -0.3 is 19.7 Å². The van der Waals surface area contributed by atoms with Gasteiger partial charge in [0, 0.05) is 19.3 Å². The molecule has 1 fully saturated rings. The summed E-state index contributed by atoms with van der Waals surface area (Å²) in [5, 5.41) is 2.87. The number of likely N-dealkylation sites (N-methyl/N-ethyl adjacent to an activating group) is 1. The SMILES string of the molecule is CCN(C)C(=O)C1C(c2cccc(NC(=O)c3ccccc3OC)c2)OC(=O)N1Cc1ccc(C)cc1. The Morgan fingerprint density at radius 3 is 2.49 bits per heavy atom. The predicted molar refractivity (Wildman–Crippen MR) is 140 cm³/mol. The first-order chi connectivity index (χ1) is 17.8. The second-order valence-corrected chi connectivity index (χ2v) is 8.99. The number of benzene rings is 3. The summed E-state index contributed by atoms with van der Waals surface area (Å²) >= 11 is 0. The summed E-state index contributed by atoms with van der Waals surface area (Å²) in [4.78, 5) is 42.4.